The molecule has 0 radical (unpaired) electrons. The fourth-order valence-electron chi connectivity index (χ4n) is 3.29. The van der Waals surface area contributed by atoms with Crippen molar-refractivity contribution in [1.82, 2.24) is 4.90 Å². The summed E-state index contributed by atoms with van der Waals surface area (Å²) in [7, 11) is 1.94. The second-order valence-electron chi connectivity index (χ2n) is 6.97. The van der Waals surface area contributed by atoms with Crippen molar-refractivity contribution in [2.45, 2.75) is 19.5 Å². The number of morpholine rings is 1. The van der Waals surface area contributed by atoms with Crippen LogP contribution in [0.4, 0.5) is 11.4 Å². The summed E-state index contributed by atoms with van der Waals surface area (Å²) in [5.74, 6) is -0.131. The highest BCUT2D eigenvalue weighted by Gasteiger charge is 2.21. The number of nitrogens with zero attached hydrogens (tertiary/aromatic N) is 3. The van der Waals surface area contributed by atoms with E-state index in [1.165, 1.54) is 11.3 Å². The van der Waals surface area contributed by atoms with Gasteiger partial charge in [0.1, 0.15) is 6.07 Å². The van der Waals surface area contributed by atoms with Crippen LogP contribution in [0.3, 0.4) is 0 Å². The van der Waals surface area contributed by atoms with Gasteiger partial charge in [-0.1, -0.05) is 30.3 Å². The van der Waals surface area contributed by atoms with Crippen molar-refractivity contribution >= 4 is 17.3 Å². The van der Waals surface area contributed by atoms with Crippen molar-refractivity contribution in [3.05, 3.63) is 59.7 Å². The number of anilines is 2. The molecule has 0 saturated carbocycles. The second kappa shape index (κ2) is 9.36. The van der Waals surface area contributed by atoms with Crippen molar-refractivity contribution in [2.24, 2.45) is 0 Å². The van der Waals surface area contributed by atoms with Crippen molar-refractivity contribution in [3.63, 3.8) is 0 Å². The zero-order valence-electron chi connectivity index (χ0n) is 16.4. The molecule has 2 aromatic carbocycles. The lowest BCUT2D eigenvalue weighted by Gasteiger charge is -2.32. The molecule has 2 aromatic rings. The van der Waals surface area contributed by atoms with Crippen LogP contribution >= 0.6 is 0 Å². The van der Waals surface area contributed by atoms with Gasteiger partial charge in [-0.15, -0.1) is 0 Å². The van der Waals surface area contributed by atoms with E-state index in [0.29, 0.717) is 17.8 Å². The largest absolute Gasteiger partial charge is 0.378 e. The molecule has 6 nitrogen and oxygen atoms in total. The third kappa shape index (κ3) is 4.69. The molecule has 1 atom stereocenters. The third-order valence-corrected chi connectivity index (χ3v) is 5.11. The number of hydrogen-bond acceptors (Lipinski definition) is 5. The number of nitrogens with one attached hydrogen (secondary N) is 1. The van der Waals surface area contributed by atoms with Crippen LogP contribution in [0.1, 0.15) is 18.1 Å². The van der Waals surface area contributed by atoms with Crippen LogP contribution < -0.4 is 10.2 Å². The standard InChI is InChI=1S/C22H26N4O2/c1-17(22(27)24-20-9-5-3-7-18(20)15-23)25(2)16-19-8-4-6-10-21(19)26-11-13-28-14-12-26/h3-10,17H,11-14,16H2,1-2H3,(H,24,27)/t17-/m1/s1. The Kier molecular flexibility index (Phi) is 6.64. The van der Waals surface area contributed by atoms with Crippen LogP contribution in [0.2, 0.25) is 0 Å². The molecule has 0 aliphatic carbocycles. The Balaban J connectivity index is 1.68. The number of para-hydroxylation sites is 2. The zero-order valence-corrected chi connectivity index (χ0v) is 16.4. The van der Waals surface area contributed by atoms with Gasteiger partial charge in [0, 0.05) is 25.3 Å². The lowest BCUT2D eigenvalue weighted by Crippen LogP contribution is -2.40. The highest BCUT2D eigenvalue weighted by atomic mass is 16.5. The van der Waals surface area contributed by atoms with Crippen LogP contribution in [-0.4, -0.2) is 50.2 Å². The van der Waals surface area contributed by atoms with Crippen molar-refractivity contribution < 1.29 is 9.53 Å². The van der Waals surface area contributed by atoms with E-state index in [9.17, 15) is 10.1 Å². The summed E-state index contributed by atoms with van der Waals surface area (Å²) < 4.78 is 5.46. The smallest absolute Gasteiger partial charge is 0.241 e. The summed E-state index contributed by atoms with van der Waals surface area (Å²) in [5.41, 5.74) is 3.39. The highest BCUT2D eigenvalue weighted by Crippen LogP contribution is 2.23. The number of carbonyl (C=O) groups excluding carboxylic acids is 1. The van der Waals surface area contributed by atoms with Crippen LogP contribution in [0.25, 0.3) is 0 Å². The Morgan fingerprint density at radius 2 is 1.89 bits per heavy atom. The topological polar surface area (TPSA) is 68.6 Å². The van der Waals surface area contributed by atoms with Gasteiger partial charge in [-0.25, -0.2) is 0 Å². The molecule has 28 heavy (non-hydrogen) atoms. The molecule has 0 spiro atoms. The summed E-state index contributed by atoms with van der Waals surface area (Å²) in [6.07, 6.45) is 0. The maximum absolute atomic E-state index is 12.7. The number of rotatable bonds is 6. The van der Waals surface area contributed by atoms with Gasteiger partial charge in [0.25, 0.3) is 0 Å². The predicted molar refractivity (Wildman–Crippen MR) is 110 cm³/mol. The van der Waals surface area contributed by atoms with E-state index in [2.05, 4.69) is 28.4 Å². The molecule has 6 heteroatoms. The Bertz CT molecular complexity index is 856. The Morgan fingerprint density at radius 1 is 1.21 bits per heavy atom. The molecule has 3 rings (SSSR count). The molecule has 1 aliphatic heterocycles. The van der Waals surface area contributed by atoms with Gasteiger partial charge in [0.2, 0.25) is 5.91 Å². The van der Waals surface area contributed by atoms with Gasteiger partial charge in [-0.2, -0.15) is 5.26 Å². The SMILES string of the molecule is C[C@H](C(=O)Nc1ccccc1C#N)N(C)Cc1ccccc1N1CCOCC1. The van der Waals surface area contributed by atoms with Crippen LogP contribution in [0.15, 0.2) is 48.5 Å². The fraction of sp³-hybridized carbons (Fsp3) is 0.364. The van der Waals surface area contributed by atoms with Crippen molar-refractivity contribution in [1.29, 1.82) is 5.26 Å². The van der Waals surface area contributed by atoms with Crippen molar-refractivity contribution in [2.75, 3.05) is 43.6 Å². The summed E-state index contributed by atoms with van der Waals surface area (Å²) in [4.78, 5) is 17.1. The Hall–Kier alpha value is -2.88. The van der Waals surface area contributed by atoms with Crippen LogP contribution in [-0.2, 0) is 16.1 Å². The van der Waals surface area contributed by atoms with Gasteiger partial charge in [-0.3, -0.25) is 9.69 Å². The number of ether oxygens (including phenoxy) is 1. The molecule has 1 heterocycles. The van der Waals surface area contributed by atoms with Gasteiger partial charge >= 0.3 is 0 Å². The predicted octanol–water partition coefficient (Wildman–Crippen LogP) is 2.85. The first-order valence-electron chi connectivity index (χ1n) is 9.51. The molecule has 1 fully saturated rings. The minimum Gasteiger partial charge on any atom is -0.378 e. The molecule has 0 aromatic heterocycles. The van der Waals surface area contributed by atoms with E-state index in [-0.39, 0.29) is 11.9 Å². The normalized spacial score (nSPS) is 15.1. The number of carbonyl (C=O) groups is 1. The molecule has 1 saturated heterocycles. The van der Waals surface area contributed by atoms with Gasteiger partial charge in [0.05, 0.1) is 30.5 Å². The average Bonchev–Trinajstić information content (AvgIpc) is 2.74. The average molecular weight is 378 g/mol. The number of nitriles is 1. The van der Waals surface area contributed by atoms with E-state index >= 15 is 0 Å². The lowest BCUT2D eigenvalue weighted by molar-refractivity contribution is -0.120. The molecule has 0 unspecified atom stereocenters. The Labute approximate surface area is 166 Å². The molecule has 1 aliphatic rings. The van der Waals surface area contributed by atoms with Crippen molar-refractivity contribution in [3.8, 4) is 6.07 Å². The summed E-state index contributed by atoms with van der Waals surface area (Å²) in [6.45, 7) is 5.76. The lowest BCUT2D eigenvalue weighted by atomic mass is 10.1. The maximum atomic E-state index is 12.7. The van der Waals surface area contributed by atoms with Gasteiger partial charge in [-0.05, 0) is 37.7 Å². The number of benzene rings is 2. The minimum atomic E-state index is -0.343. The van der Waals surface area contributed by atoms with Crippen LogP contribution in [0, 0.1) is 11.3 Å². The van der Waals surface area contributed by atoms with E-state index < -0.39 is 0 Å². The third-order valence-electron chi connectivity index (χ3n) is 5.11. The number of likely N-dealkylation sites (N-methyl/N-ethyl adjacent to an activating group) is 1. The van der Waals surface area contributed by atoms with E-state index in [0.717, 1.165) is 26.3 Å². The van der Waals surface area contributed by atoms with E-state index in [4.69, 9.17) is 4.74 Å². The minimum absolute atomic E-state index is 0.131. The maximum Gasteiger partial charge on any atom is 0.241 e. The first-order valence-corrected chi connectivity index (χ1v) is 9.51. The Morgan fingerprint density at radius 3 is 2.64 bits per heavy atom. The molecular formula is C22H26N4O2. The van der Waals surface area contributed by atoms with Crippen LogP contribution in [0.5, 0.6) is 0 Å². The molecule has 0 bridgehead atoms. The van der Waals surface area contributed by atoms with Gasteiger partial charge < -0.3 is 15.0 Å². The quantitative estimate of drug-likeness (QED) is 0.837. The van der Waals surface area contributed by atoms with E-state index in [1.807, 2.05) is 37.1 Å². The first-order chi connectivity index (χ1) is 13.6. The zero-order chi connectivity index (χ0) is 19.9. The number of amides is 1. The fourth-order valence-corrected chi connectivity index (χ4v) is 3.29. The first kappa shape index (κ1) is 19.9. The molecule has 1 amide bonds. The number of hydrogen-bond donors (Lipinski definition) is 1. The molecule has 1 N–H and O–H groups in total. The summed E-state index contributed by atoms with van der Waals surface area (Å²) in [6, 6.07) is 17.1. The highest BCUT2D eigenvalue weighted by molar-refractivity contribution is 5.95. The molecular weight excluding hydrogens is 352 g/mol. The van der Waals surface area contributed by atoms with E-state index in [1.54, 1.807) is 18.2 Å². The summed E-state index contributed by atoms with van der Waals surface area (Å²) in [5, 5.41) is 12.1. The second-order valence-corrected chi connectivity index (χ2v) is 6.97. The molecule has 146 valence electrons. The van der Waals surface area contributed by atoms with Gasteiger partial charge in [0.15, 0.2) is 0 Å². The monoisotopic (exact) mass is 378 g/mol. The summed E-state index contributed by atoms with van der Waals surface area (Å²) >= 11 is 0.